The SMILES string of the molecule is CC(O)(C(SC(=N)c1ccccc1)c1ccccc1)[N+](=O)[O-]. The summed E-state index contributed by atoms with van der Waals surface area (Å²) in [4.78, 5) is 10.5. The highest BCUT2D eigenvalue weighted by molar-refractivity contribution is 8.14. The fraction of sp³-hybridized carbons (Fsp3) is 0.188. The van der Waals surface area contributed by atoms with E-state index in [1.165, 1.54) is 0 Å². The fourth-order valence-corrected chi connectivity index (χ4v) is 3.10. The molecule has 0 heterocycles. The number of aliphatic hydroxyl groups is 1. The maximum Gasteiger partial charge on any atom is 0.335 e. The Morgan fingerprint density at radius 3 is 2.18 bits per heavy atom. The van der Waals surface area contributed by atoms with Gasteiger partial charge in [-0.1, -0.05) is 72.4 Å². The van der Waals surface area contributed by atoms with Crippen LogP contribution >= 0.6 is 11.8 Å². The molecule has 2 aromatic rings. The van der Waals surface area contributed by atoms with Crippen molar-refractivity contribution in [2.24, 2.45) is 0 Å². The molecule has 2 rings (SSSR count). The highest BCUT2D eigenvalue weighted by atomic mass is 32.2. The summed E-state index contributed by atoms with van der Waals surface area (Å²) in [5.41, 5.74) is -0.907. The monoisotopic (exact) mass is 316 g/mol. The lowest BCUT2D eigenvalue weighted by Crippen LogP contribution is -2.40. The third kappa shape index (κ3) is 3.52. The number of benzene rings is 2. The minimum absolute atomic E-state index is 0.177. The number of nitrogens with one attached hydrogen (secondary N) is 1. The molecule has 2 aromatic carbocycles. The molecule has 2 unspecified atom stereocenters. The van der Waals surface area contributed by atoms with Gasteiger partial charge in [-0.05, 0) is 5.56 Å². The lowest BCUT2D eigenvalue weighted by Gasteiger charge is -2.25. The first-order valence-corrected chi connectivity index (χ1v) is 7.53. The quantitative estimate of drug-likeness (QED) is 0.291. The van der Waals surface area contributed by atoms with Gasteiger partial charge in [0.05, 0.1) is 9.97 Å². The van der Waals surface area contributed by atoms with Gasteiger partial charge in [-0.3, -0.25) is 15.5 Å². The van der Waals surface area contributed by atoms with Gasteiger partial charge in [-0.15, -0.1) is 0 Å². The third-order valence-corrected chi connectivity index (χ3v) is 4.67. The van der Waals surface area contributed by atoms with E-state index >= 15 is 0 Å². The van der Waals surface area contributed by atoms with Crippen LogP contribution in [0.1, 0.15) is 23.3 Å². The molecule has 114 valence electrons. The molecule has 0 amide bonds. The molecule has 6 heteroatoms. The van der Waals surface area contributed by atoms with Crippen LogP contribution in [0.2, 0.25) is 0 Å². The van der Waals surface area contributed by atoms with Crippen molar-refractivity contribution in [2.75, 3.05) is 0 Å². The van der Waals surface area contributed by atoms with Gasteiger partial charge in [-0.25, -0.2) is 0 Å². The summed E-state index contributed by atoms with van der Waals surface area (Å²) in [5, 5.41) is 29.0. The molecule has 2 N–H and O–H groups in total. The lowest BCUT2D eigenvalue weighted by atomic mass is 10.0. The summed E-state index contributed by atoms with van der Waals surface area (Å²) >= 11 is 0.978. The molecule has 0 bridgehead atoms. The zero-order valence-electron chi connectivity index (χ0n) is 12.0. The maximum absolute atomic E-state index is 11.2. The van der Waals surface area contributed by atoms with E-state index in [4.69, 9.17) is 5.41 Å². The molecule has 5 nitrogen and oxygen atoms in total. The molecule has 2 atom stereocenters. The maximum atomic E-state index is 11.2. The molecule has 0 radical (unpaired) electrons. The number of nitrogens with zero attached hydrogens (tertiary/aromatic N) is 1. The van der Waals surface area contributed by atoms with Crippen molar-refractivity contribution >= 4 is 16.8 Å². The Balaban J connectivity index is 2.34. The van der Waals surface area contributed by atoms with Crippen molar-refractivity contribution in [1.29, 1.82) is 5.41 Å². The standard InChI is InChI=1S/C16H16N2O3S/c1-16(19,18(20)21)14(12-8-4-2-5-9-12)22-15(17)13-10-6-3-7-11-13/h2-11,14,17,19H,1H3. The molecule has 0 aliphatic rings. The molecule has 0 saturated heterocycles. The van der Waals surface area contributed by atoms with Crippen LogP contribution in [0.15, 0.2) is 60.7 Å². The van der Waals surface area contributed by atoms with Crippen molar-refractivity contribution in [3.63, 3.8) is 0 Å². The molecular weight excluding hydrogens is 300 g/mol. The Bertz CT molecular complexity index is 660. The van der Waals surface area contributed by atoms with Crippen molar-refractivity contribution in [3.05, 3.63) is 81.9 Å². The zero-order valence-corrected chi connectivity index (χ0v) is 12.8. The van der Waals surface area contributed by atoms with Crippen molar-refractivity contribution < 1.29 is 10.0 Å². The second kappa shape index (κ2) is 6.72. The Morgan fingerprint density at radius 2 is 1.68 bits per heavy atom. The van der Waals surface area contributed by atoms with E-state index in [9.17, 15) is 15.2 Å². The first kappa shape index (κ1) is 16.2. The van der Waals surface area contributed by atoms with Crippen LogP contribution in [0.4, 0.5) is 0 Å². The van der Waals surface area contributed by atoms with Gasteiger partial charge < -0.3 is 5.11 Å². The van der Waals surface area contributed by atoms with E-state index in [-0.39, 0.29) is 5.04 Å². The van der Waals surface area contributed by atoms with Crippen LogP contribution < -0.4 is 0 Å². The summed E-state index contributed by atoms with van der Waals surface area (Å²) in [6, 6.07) is 17.7. The minimum atomic E-state index is -2.17. The first-order chi connectivity index (χ1) is 10.4. The lowest BCUT2D eigenvalue weighted by molar-refractivity contribution is -0.619. The second-order valence-electron chi connectivity index (χ2n) is 4.95. The molecule has 0 aliphatic carbocycles. The molecular formula is C16H16N2O3S. The van der Waals surface area contributed by atoms with E-state index in [0.29, 0.717) is 11.1 Å². The normalized spacial score (nSPS) is 14.8. The van der Waals surface area contributed by atoms with Gasteiger partial charge in [0.15, 0.2) is 0 Å². The van der Waals surface area contributed by atoms with Gasteiger partial charge >= 0.3 is 5.72 Å². The van der Waals surface area contributed by atoms with Gasteiger partial charge in [0.2, 0.25) is 0 Å². The van der Waals surface area contributed by atoms with Gasteiger partial charge in [0, 0.05) is 12.5 Å². The largest absolute Gasteiger partial charge is 0.335 e. The second-order valence-corrected chi connectivity index (χ2v) is 6.07. The van der Waals surface area contributed by atoms with Crippen LogP contribution in [-0.2, 0) is 0 Å². The molecule has 0 aromatic heterocycles. The Morgan fingerprint density at radius 1 is 1.18 bits per heavy atom. The number of hydrogen-bond donors (Lipinski definition) is 2. The van der Waals surface area contributed by atoms with Crippen molar-refractivity contribution in [3.8, 4) is 0 Å². The number of hydrogen-bond acceptors (Lipinski definition) is 5. The topological polar surface area (TPSA) is 87.2 Å². The van der Waals surface area contributed by atoms with Crippen LogP contribution in [0.25, 0.3) is 0 Å². The predicted octanol–water partition coefficient (Wildman–Crippen LogP) is 3.47. The Hall–Kier alpha value is -2.18. The zero-order chi connectivity index (χ0) is 16.2. The summed E-state index contributed by atoms with van der Waals surface area (Å²) < 4.78 is 0. The summed E-state index contributed by atoms with van der Waals surface area (Å²) in [6.07, 6.45) is 0. The van der Waals surface area contributed by atoms with E-state index in [2.05, 4.69) is 0 Å². The van der Waals surface area contributed by atoms with Crippen LogP contribution in [0.5, 0.6) is 0 Å². The van der Waals surface area contributed by atoms with Crippen LogP contribution in [0.3, 0.4) is 0 Å². The molecule has 0 saturated carbocycles. The summed E-state index contributed by atoms with van der Waals surface area (Å²) in [6.45, 7) is 1.16. The first-order valence-electron chi connectivity index (χ1n) is 6.65. The smallest absolute Gasteiger partial charge is 0.330 e. The third-order valence-electron chi connectivity index (χ3n) is 3.24. The van der Waals surface area contributed by atoms with E-state index in [0.717, 1.165) is 18.7 Å². The van der Waals surface area contributed by atoms with E-state index in [1.807, 2.05) is 6.07 Å². The highest BCUT2D eigenvalue weighted by Crippen LogP contribution is 2.40. The Kier molecular flexibility index (Phi) is 4.95. The van der Waals surface area contributed by atoms with Gasteiger partial charge in [0.25, 0.3) is 0 Å². The Labute approximate surface area is 132 Å². The van der Waals surface area contributed by atoms with Crippen LogP contribution in [0, 0.1) is 15.5 Å². The van der Waals surface area contributed by atoms with Crippen molar-refractivity contribution in [2.45, 2.75) is 17.9 Å². The summed E-state index contributed by atoms with van der Waals surface area (Å²) in [7, 11) is 0. The van der Waals surface area contributed by atoms with E-state index in [1.54, 1.807) is 54.6 Å². The average molecular weight is 316 g/mol. The number of rotatable bonds is 5. The molecule has 0 fully saturated rings. The van der Waals surface area contributed by atoms with Gasteiger partial charge in [0.1, 0.15) is 5.25 Å². The molecule has 0 aliphatic heterocycles. The molecule has 22 heavy (non-hydrogen) atoms. The van der Waals surface area contributed by atoms with Gasteiger partial charge in [-0.2, -0.15) is 0 Å². The van der Waals surface area contributed by atoms with Crippen LogP contribution in [-0.4, -0.2) is 20.8 Å². The van der Waals surface area contributed by atoms with Crippen molar-refractivity contribution in [1.82, 2.24) is 0 Å². The fourth-order valence-electron chi connectivity index (χ4n) is 1.99. The molecule has 0 spiro atoms. The predicted molar refractivity (Wildman–Crippen MR) is 87.7 cm³/mol. The highest BCUT2D eigenvalue weighted by Gasteiger charge is 2.46. The van der Waals surface area contributed by atoms with E-state index < -0.39 is 15.9 Å². The number of thioether (sulfide) groups is 1. The summed E-state index contributed by atoms with van der Waals surface area (Å²) in [5.74, 6) is 0. The minimum Gasteiger partial charge on any atom is -0.330 e. The number of nitro groups is 1. The average Bonchev–Trinajstić information content (AvgIpc) is 2.53.